The highest BCUT2D eigenvalue weighted by molar-refractivity contribution is 7.79. The largest absolute Gasteiger partial charge is 0.768 e. The zero-order chi connectivity index (χ0) is 30.6. The second-order valence-electron chi connectivity index (χ2n) is 10.5. The van der Waals surface area contributed by atoms with Crippen molar-refractivity contribution in [3.8, 4) is 11.1 Å². The first kappa shape index (κ1) is 29.1. The summed E-state index contributed by atoms with van der Waals surface area (Å²) in [5.41, 5.74) is 2.16. The third kappa shape index (κ3) is 6.04. The van der Waals surface area contributed by atoms with Crippen LogP contribution in [0.2, 0.25) is 0 Å². The van der Waals surface area contributed by atoms with Gasteiger partial charge in [0.15, 0.2) is 0 Å². The van der Waals surface area contributed by atoms with E-state index in [0.717, 1.165) is 32.7 Å². The minimum absolute atomic E-state index is 0.366. The summed E-state index contributed by atoms with van der Waals surface area (Å²) >= 11 is 1.26. The van der Waals surface area contributed by atoms with Crippen LogP contribution >= 0.6 is 22.7 Å². The minimum Gasteiger partial charge on any atom is -0.768 e. The van der Waals surface area contributed by atoms with Crippen LogP contribution in [-0.4, -0.2) is 8.76 Å². The fourth-order valence-electron chi connectivity index (χ4n) is 5.74. The molecule has 5 heteroatoms. The number of hydrogen-bond acceptors (Lipinski definition) is 4. The summed E-state index contributed by atoms with van der Waals surface area (Å²) in [6.07, 6.45) is 0. The normalized spacial score (nSPS) is 11.7. The van der Waals surface area contributed by atoms with Crippen molar-refractivity contribution in [3.05, 3.63) is 162 Å². The first-order valence-electron chi connectivity index (χ1n) is 14.5. The van der Waals surface area contributed by atoms with Crippen molar-refractivity contribution in [1.29, 1.82) is 0 Å². The Morgan fingerprint density at radius 2 is 0.889 bits per heavy atom. The van der Waals surface area contributed by atoms with Crippen LogP contribution < -0.4 is 0 Å². The van der Waals surface area contributed by atoms with Gasteiger partial charge < -0.3 is 4.55 Å². The van der Waals surface area contributed by atoms with E-state index in [9.17, 15) is 8.76 Å². The Kier molecular flexibility index (Phi) is 8.50. The predicted molar refractivity (Wildman–Crippen MR) is 195 cm³/mol. The van der Waals surface area contributed by atoms with Crippen LogP contribution in [0.1, 0.15) is 0 Å². The number of benzene rings is 7. The summed E-state index contributed by atoms with van der Waals surface area (Å²) in [6.45, 7) is 0. The van der Waals surface area contributed by atoms with Gasteiger partial charge >= 0.3 is 0 Å². The molecule has 0 amide bonds. The molecule has 7 aromatic carbocycles. The monoisotopic (exact) mass is 635 g/mol. The lowest BCUT2D eigenvalue weighted by molar-refractivity contribution is 0.539. The van der Waals surface area contributed by atoms with Crippen LogP contribution in [-0.2, 0) is 11.1 Å². The number of hydrogen-bond donors (Lipinski definition) is 0. The van der Waals surface area contributed by atoms with Crippen molar-refractivity contribution in [2.75, 3.05) is 0 Å². The number of rotatable bonds is 2. The molecule has 9 rings (SSSR count). The van der Waals surface area contributed by atoms with E-state index < -0.39 is 11.1 Å². The van der Waals surface area contributed by atoms with E-state index in [0.29, 0.717) is 4.90 Å². The van der Waals surface area contributed by atoms with Crippen LogP contribution in [0, 0.1) is 0 Å². The standard InChI is InChI=1S/C24H16O2S.2C8H6S/c25-27(26)24-21-11-5-3-9-19(21)23(20-10-4-6-12-22(20)24)18-14-13-16-7-1-2-8-17(16)15-18;2*1-2-4-8-7(3-1)5-6-9-8/h1-15H,(H,25,26);2*1-6H/p-1. The molecular formula is C40H27O2S3-. The maximum Gasteiger partial charge on any atom is 0.0406 e. The van der Waals surface area contributed by atoms with Gasteiger partial charge in [-0.1, -0.05) is 121 Å². The summed E-state index contributed by atoms with van der Waals surface area (Å²) in [4.78, 5) is 0.366. The Labute approximate surface area is 272 Å². The fourth-order valence-corrected chi connectivity index (χ4v) is 8.03. The number of fused-ring (bicyclic) bond motifs is 5. The molecule has 0 N–H and O–H groups in total. The smallest absolute Gasteiger partial charge is 0.0406 e. The van der Waals surface area contributed by atoms with E-state index in [2.05, 4.69) is 102 Å². The molecule has 0 saturated heterocycles. The highest BCUT2D eigenvalue weighted by Gasteiger charge is 2.15. The van der Waals surface area contributed by atoms with E-state index in [1.807, 2.05) is 60.7 Å². The van der Waals surface area contributed by atoms with Crippen molar-refractivity contribution in [1.82, 2.24) is 0 Å². The minimum atomic E-state index is -2.32. The molecule has 1 atom stereocenters. The van der Waals surface area contributed by atoms with E-state index >= 15 is 0 Å². The molecule has 2 aromatic heterocycles. The molecule has 0 aliphatic carbocycles. The van der Waals surface area contributed by atoms with Crippen LogP contribution in [0.3, 0.4) is 0 Å². The zero-order valence-corrected chi connectivity index (χ0v) is 26.6. The molecule has 0 spiro atoms. The molecule has 0 aliphatic heterocycles. The average Bonchev–Trinajstić information content (AvgIpc) is 3.77. The molecule has 45 heavy (non-hydrogen) atoms. The van der Waals surface area contributed by atoms with Crippen molar-refractivity contribution in [2.24, 2.45) is 0 Å². The van der Waals surface area contributed by atoms with E-state index in [-0.39, 0.29) is 0 Å². The molecule has 0 saturated carbocycles. The molecule has 0 fully saturated rings. The summed E-state index contributed by atoms with van der Waals surface area (Å²) in [5, 5.41) is 12.7. The van der Waals surface area contributed by atoms with Crippen molar-refractivity contribution in [2.45, 2.75) is 4.90 Å². The van der Waals surface area contributed by atoms with Gasteiger partial charge in [-0.2, -0.15) is 0 Å². The Hall–Kier alpha value is -4.65. The Balaban J connectivity index is 0.000000145. The first-order valence-corrected chi connectivity index (χ1v) is 17.4. The highest BCUT2D eigenvalue weighted by atomic mass is 32.2. The Morgan fingerprint density at radius 1 is 0.444 bits per heavy atom. The van der Waals surface area contributed by atoms with E-state index in [4.69, 9.17) is 0 Å². The van der Waals surface area contributed by atoms with Crippen LogP contribution in [0.15, 0.2) is 167 Å². The van der Waals surface area contributed by atoms with Crippen LogP contribution in [0.25, 0.3) is 63.6 Å². The van der Waals surface area contributed by atoms with Gasteiger partial charge in [0.25, 0.3) is 0 Å². The van der Waals surface area contributed by atoms with Gasteiger partial charge in [0.1, 0.15) is 0 Å². The van der Waals surface area contributed by atoms with Gasteiger partial charge in [0.2, 0.25) is 0 Å². The topological polar surface area (TPSA) is 40.1 Å². The lowest BCUT2D eigenvalue weighted by atomic mass is 9.91. The molecule has 0 aliphatic rings. The Bertz CT molecular complexity index is 2250. The van der Waals surface area contributed by atoms with Gasteiger partial charge in [0, 0.05) is 14.3 Å². The second kappa shape index (κ2) is 13.1. The third-order valence-corrected chi connectivity index (χ3v) is 10.4. The van der Waals surface area contributed by atoms with Gasteiger partial charge in [-0.15, -0.1) is 22.7 Å². The quantitative estimate of drug-likeness (QED) is 0.140. The maximum atomic E-state index is 12.1. The molecule has 2 nitrogen and oxygen atoms in total. The first-order chi connectivity index (χ1) is 22.2. The van der Waals surface area contributed by atoms with Gasteiger partial charge in [-0.3, -0.25) is 4.21 Å². The average molecular weight is 636 g/mol. The SMILES string of the molecule is O=S([O-])c1c2ccccc2c(-c2ccc3ccccc3c2)c2ccccc12.c1ccc2sccc2c1.c1ccc2sccc2c1. The summed E-state index contributed by atoms with van der Waals surface area (Å²) < 4.78 is 26.8. The van der Waals surface area contributed by atoms with Crippen LogP contribution in [0.5, 0.6) is 0 Å². The summed E-state index contributed by atoms with van der Waals surface area (Å²) in [7, 11) is 0. The van der Waals surface area contributed by atoms with E-state index in [1.54, 1.807) is 22.7 Å². The fraction of sp³-hybridized carbons (Fsp3) is 0. The van der Waals surface area contributed by atoms with Gasteiger partial charge in [0.05, 0.1) is 0 Å². The third-order valence-electron chi connectivity index (χ3n) is 7.81. The van der Waals surface area contributed by atoms with Crippen molar-refractivity contribution >= 4 is 86.2 Å². The molecule has 1 unspecified atom stereocenters. The number of thiophene rings is 2. The lowest BCUT2D eigenvalue weighted by Crippen LogP contribution is -1.96. The van der Waals surface area contributed by atoms with E-state index in [1.165, 1.54) is 30.9 Å². The van der Waals surface area contributed by atoms with Gasteiger partial charge in [-0.25, -0.2) is 0 Å². The Morgan fingerprint density at radius 3 is 1.40 bits per heavy atom. The maximum absolute atomic E-state index is 12.1. The molecule has 2 heterocycles. The molecule has 0 bridgehead atoms. The lowest BCUT2D eigenvalue weighted by Gasteiger charge is -2.18. The molecule has 9 aromatic rings. The molecule has 218 valence electrons. The molecular weight excluding hydrogens is 609 g/mol. The zero-order valence-electron chi connectivity index (χ0n) is 24.1. The highest BCUT2D eigenvalue weighted by Crippen LogP contribution is 2.41. The van der Waals surface area contributed by atoms with Gasteiger partial charge in [-0.05, 0) is 106 Å². The second-order valence-corrected chi connectivity index (χ2v) is 13.3. The predicted octanol–water partition coefficient (Wildman–Crippen LogP) is 11.9. The summed E-state index contributed by atoms with van der Waals surface area (Å²) in [6, 6.07) is 51.2. The summed E-state index contributed by atoms with van der Waals surface area (Å²) in [5.74, 6) is 0. The van der Waals surface area contributed by atoms with Crippen molar-refractivity contribution in [3.63, 3.8) is 0 Å². The van der Waals surface area contributed by atoms with Crippen LogP contribution in [0.4, 0.5) is 0 Å². The van der Waals surface area contributed by atoms with Crippen molar-refractivity contribution < 1.29 is 8.76 Å². The molecule has 0 radical (unpaired) electrons.